The van der Waals surface area contributed by atoms with Gasteiger partial charge in [-0.25, -0.2) is 0 Å². The number of hydrogen-bond donors (Lipinski definition) is 0. The average molecular weight is 185 g/mol. The first-order chi connectivity index (χ1) is 6.19. The zero-order valence-corrected chi connectivity index (χ0v) is 9.42. The molecule has 0 aromatic rings. The van der Waals surface area contributed by atoms with E-state index in [1.807, 2.05) is 7.11 Å². The minimum atomic E-state index is 0.452. The molecule has 1 aliphatic heterocycles. The van der Waals surface area contributed by atoms with Crippen LogP contribution in [0.5, 0.6) is 0 Å². The maximum atomic E-state index is 5.56. The summed E-state index contributed by atoms with van der Waals surface area (Å²) in [4.78, 5) is 2.48. The van der Waals surface area contributed by atoms with E-state index in [4.69, 9.17) is 4.74 Å². The molecule has 0 aromatic carbocycles. The summed E-state index contributed by atoms with van der Waals surface area (Å²) in [7, 11) is 1.85. The van der Waals surface area contributed by atoms with Gasteiger partial charge in [-0.1, -0.05) is 20.8 Å². The number of piperidine rings is 1. The summed E-state index contributed by atoms with van der Waals surface area (Å²) < 4.78 is 5.56. The first-order valence-electron chi connectivity index (χ1n) is 5.44. The molecular formula is C11H23NO. The third kappa shape index (κ3) is 2.68. The van der Waals surface area contributed by atoms with E-state index in [0.717, 1.165) is 24.9 Å². The summed E-state index contributed by atoms with van der Waals surface area (Å²) >= 11 is 0. The summed E-state index contributed by atoms with van der Waals surface area (Å²) in [5, 5.41) is 0. The first kappa shape index (κ1) is 11.0. The largest absolute Gasteiger partial charge is 0.380 e. The van der Waals surface area contributed by atoms with E-state index < -0.39 is 0 Å². The number of likely N-dealkylation sites (N-methyl/N-ethyl adjacent to an activating group) is 1. The van der Waals surface area contributed by atoms with Crippen molar-refractivity contribution in [1.82, 2.24) is 4.90 Å². The van der Waals surface area contributed by atoms with E-state index in [0.29, 0.717) is 6.10 Å². The highest BCUT2D eigenvalue weighted by Gasteiger charge is 2.30. The van der Waals surface area contributed by atoms with E-state index in [-0.39, 0.29) is 0 Å². The Labute approximate surface area is 82.3 Å². The molecular weight excluding hydrogens is 162 g/mol. The predicted octanol–water partition coefficient (Wildman–Crippen LogP) is 2.00. The van der Waals surface area contributed by atoms with Crippen molar-refractivity contribution in [3.05, 3.63) is 0 Å². The fourth-order valence-electron chi connectivity index (χ4n) is 2.30. The maximum Gasteiger partial charge on any atom is 0.0729 e. The van der Waals surface area contributed by atoms with Crippen LogP contribution in [0.3, 0.4) is 0 Å². The van der Waals surface area contributed by atoms with Crippen LogP contribution in [-0.2, 0) is 4.74 Å². The number of nitrogens with zero attached hydrogens (tertiary/aromatic N) is 1. The lowest BCUT2D eigenvalue weighted by Crippen LogP contribution is -2.46. The van der Waals surface area contributed by atoms with Crippen molar-refractivity contribution >= 4 is 0 Å². The Morgan fingerprint density at radius 2 is 2.15 bits per heavy atom. The van der Waals surface area contributed by atoms with Crippen LogP contribution >= 0.6 is 0 Å². The van der Waals surface area contributed by atoms with Crippen molar-refractivity contribution in [2.24, 2.45) is 11.8 Å². The van der Waals surface area contributed by atoms with Crippen LogP contribution in [0.1, 0.15) is 27.2 Å². The van der Waals surface area contributed by atoms with Gasteiger partial charge in [0.25, 0.3) is 0 Å². The quantitative estimate of drug-likeness (QED) is 0.667. The fourth-order valence-corrected chi connectivity index (χ4v) is 2.30. The molecule has 1 saturated heterocycles. The second-order valence-corrected chi connectivity index (χ2v) is 4.36. The number of rotatable bonds is 3. The second-order valence-electron chi connectivity index (χ2n) is 4.36. The molecule has 78 valence electrons. The highest BCUT2D eigenvalue weighted by Crippen LogP contribution is 2.26. The van der Waals surface area contributed by atoms with Gasteiger partial charge in [-0.05, 0) is 31.3 Å². The SMILES string of the molecule is CCN1CCC(C(C)C)C(OC)C1. The van der Waals surface area contributed by atoms with E-state index in [9.17, 15) is 0 Å². The van der Waals surface area contributed by atoms with E-state index >= 15 is 0 Å². The Hall–Kier alpha value is -0.0800. The van der Waals surface area contributed by atoms with Crippen LogP contribution in [0, 0.1) is 11.8 Å². The monoisotopic (exact) mass is 185 g/mol. The normalized spacial score (nSPS) is 31.2. The number of likely N-dealkylation sites (tertiary alicyclic amines) is 1. The standard InChI is InChI=1S/C11H23NO/c1-5-12-7-6-10(9(2)3)11(8-12)13-4/h9-11H,5-8H2,1-4H3. The molecule has 1 fully saturated rings. The van der Waals surface area contributed by atoms with Crippen molar-refractivity contribution < 1.29 is 4.74 Å². The zero-order chi connectivity index (χ0) is 9.84. The van der Waals surface area contributed by atoms with Crippen molar-refractivity contribution in [2.45, 2.75) is 33.3 Å². The van der Waals surface area contributed by atoms with E-state index in [2.05, 4.69) is 25.7 Å². The average Bonchev–Trinajstić information content (AvgIpc) is 2.16. The van der Waals surface area contributed by atoms with Gasteiger partial charge in [0.05, 0.1) is 6.10 Å². The maximum absolute atomic E-state index is 5.56. The molecule has 0 aliphatic carbocycles. The van der Waals surface area contributed by atoms with Gasteiger partial charge in [-0.15, -0.1) is 0 Å². The minimum Gasteiger partial charge on any atom is -0.380 e. The number of ether oxygens (including phenoxy) is 1. The van der Waals surface area contributed by atoms with Crippen molar-refractivity contribution in [2.75, 3.05) is 26.7 Å². The fraction of sp³-hybridized carbons (Fsp3) is 1.00. The highest BCUT2D eigenvalue weighted by molar-refractivity contribution is 4.82. The molecule has 1 rings (SSSR count). The highest BCUT2D eigenvalue weighted by atomic mass is 16.5. The zero-order valence-electron chi connectivity index (χ0n) is 9.42. The molecule has 0 spiro atoms. The van der Waals surface area contributed by atoms with Gasteiger partial charge in [0.1, 0.15) is 0 Å². The van der Waals surface area contributed by atoms with E-state index in [1.165, 1.54) is 13.0 Å². The first-order valence-corrected chi connectivity index (χ1v) is 5.44. The summed E-state index contributed by atoms with van der Waals surface area (Å²) in [5.74, 6) is 1.51. The molecule has 0 aromatic heterocycles. The van der Waals surface area contributed by atoms with Gasteiger partial charge >= 0.3 is 0 Å². The lowest BCUT2D eigenvalue weighted by atomic mass is 9.84. The van der Waals surface area contributed by atoms with E-state index in [1.54, 1.807) is 0 Å². The van der Waals surface area contributed by atoms with Gasteiger partial charge in [-0.2, -0.15) is 0 Å². The number of hydrogen-bond acceptors (Lipinski definition) is 2. The topological polar surface area (TPSA) is 12.5 Å². The molecule has 0 bridgehead atoms. The number of methoxy groups -OCH3 is 1. The third-order valence-electron chi connectivity index (χ3n) is 3.30. The summed E-state index contributed by atoms with van der Waals surface area (Å²) in [6, 6.07) is 0. The Morgan fingerprint density at radius 1 is 1.46 bits per heavy atom. The minimum absolute atomic E-state index is 0.452. The van der Waals surface area contributed by atoms with Crippen molar-refractivity contribution in [3.63, 3.8) is 0 Å². The predicted molar refractivity (Wildman–Crippen MR) is 55.9 cm³/mol. The van der Waals surface area contributed by atoms with Crippen LogP contribution < -0.4 is 0 Å². The molecule has 0 radical (unpaired) electrons. The van der Waals surface area contributed by atoms with Gasteiger partial charge < -0.3 is 9.64 Å². The lowest BCUT2D eigenvalue weighted by Gasteiger charge is -2.39. The molecule has 2 atom stereocenters. The third-order valence-corrected chi connectivity index (χ3v) is 3.30. The molecule has 13 heavy (non-hydrogen) atoms. The molecule has 0 amide bonds. The second kappa shape index (κ2) is 4.97. The van der Waals surface area contributed by atoms with Gasteiger partial charge in [0.2, 0.25) is 0 Å². The van der Waals surface area contributed by atoms with Crippen molar-refractivity contribution in [3.8, 4) is 0 Å². The van der Waals surface area contributed by atoms with Crippen LogP contribution in [0.25, 0.3) is 0 Å². The van der Waals surface area contributed by atoms with Crippen LogP contribution in [0.15, 0.2) is 0 Å². The molecule has 2 heteroatoms. The van der Waals surface area contributed by atoms with Crippen LogP contribution in [0.4, 0.5) is 0 Å². The van der Waals surface area contributed by atoms with Gasteiger partial charge in [0, 0.05) is 13.7 Å². The Bertz CT molecular complexity index is 147. The van der Waals surface area contributed by atoms with Crippen LogP contribution in [-0.4, -0.2) is 37.7 Å². The molecule has 0 N–H and O–H groups in total. The molecule has 1 heterocycles. The summed E-state index contributed by atoms with van der Waals surface area (Å²) in [5.41, 5.74) is 0. The summed E-state index contributed by atoms with van der Waals surface area (Å²) in [6.07, 6.45) is 1.75. The lowest BCUT2D eigenvalue weighted by molar-refractivity contribution is -0.0255. The summed E-state index contributed by atoms with van der Waals surface area (Å²) in [6.45, 7) is 10.4. The Morgan fingerprint density at radius 3 is 2.62 bits per heavy atom. The molecule has 0 saturated carbocycles. The van der Waals surface area contributed by atoms with Crippen LogP contribution in [0.2, 0.25) is 0 Å². The smallest absolute Gasteiger partial charge is 0.0729 e. The Balaban J connectivity index is 2.50. The van der Waals surface area contributed by atoms with Gasteiger partial charge in [-0.3, -0.25) is 0 Å². The van der Waals surface area contributed by atoms with Crippen molar-refractivity contribution in [1.29, 1.82) is 0 Å². The molecule has 2 unspecified atom stereocenters. The van der Waals surface area contributed by atoms with Gasteiger partial charge in [0.15, 0.2) is 0 Å². The molecule has 1 aliphatic rings. The molecule has 2 nitrogen and oxygen atoms in total. The Kier molecular flexibility index (Phi) is 4.20.